The molecule has 0 bridgehead atoms. The summed E-state index contributed by atoms with van der Waals surface area (Å²) in [7, 11) is 0. The van der Waals surface area contributed by atoms with Gasteiger partial charge in [0.15, 0.2) is 6.61 Å². The SMILES string of the molecule is Cc1ccnc([C@@H]2CCN(C(=O)COc3cccc(F)c3)C2)n1. The van der Waals surface area contributed by atoms with Crippen LogP contribution in [0.1, 0.15) is 23.9 Å². The Bertz CT molecular complexity index is 708. The van der Waals surface area contributed by atoms with Crippen LogP contribution in [0.15, 0.2) is 36.5 Å². The molecular formula is C17H18FN3O2. The van der Waals surface area contributed by atoms with Gasteiger partial charge in [-0.1, -0.05) is 6.07 Å². The summed E-state index contributed by atoms with van der Waals surface area (Å²) in [5.74, 6) is 0.813. The van der Waals surface area contributed by atoms with Gasteiger partial charge in [0.2, 0.25) is 0 Å². The number of aryl methyl sites for hydroxylation is 1. The molecule has 1 atom stereocenters. The Morgan fingerprint density at radius 2 is 2.30 bits per heavy atom. The molecule has 3 rings (SSSR count). The molecule has 1 aromatic heterocycles. The summed E-state index contributed by atoms with van der Waals surface area (Å²) in [6, 6.07) is 7.64. The highest BCUT2D eigenvalue weighted by atomic mass is 19.1. The minimum atomic E-state index is -0.382. The van der Waals surface area contributed by atoms with Crippen LogP contribution in [0.5, 0.6) is 5.75 Å². The van der Waals surface area contributed by atoms with E-state index in [4.69, 9.17) is 4.74 Å². The first-order valence-electron chi connectivity index (χ1n) is 7.57. The maximum Gasteiger partial charge on any atom is 0.260 e. The van der Waals surface area contributed by atoms with Crippen molar-refractivity contribution in [2.75, 3.05) is 19.7 Å². The minimum Gasteiger partial charge on any atom is -0.484 e. The molecule has 0 N–H and O–H groups in total. The zero-order valence-electron chi connectivity index (χ0n) is 12.9. The number of halogens is 1. The average Bonchev–Trinajstić information content (AvgIpc) is 3.03. The van der Waals surface area contributed by atoms with Gasteiger partial charge in [-0.2, -0.15) is 0 Å². The van der Waals surface area contributed by atoms with E-state index in [-0.39, 0.29) is 24.2 Å². The van der Waals surface area contributed by atoms with Gasteiger partial charge in [-0.05, 0) is 31.5 Å². The second kappa shape index (κ2) is 6.73. The van der Waals surface area contributed by atoms with Crippen LogP contribution in [-0.4, -0.2) is 40.5 Å². The number of aromatic nitrogens is 2. The number of nitrogens with zero attached hydrogens (tertiary/aromatic N) is 3. The van der Waals surface area contributed by atoms with Crippen molar-refractivity contribution in [2.45, 2.75) is 19.3 Å². The minimum absolute atomic E-state index is 0.0924. The number of likely N-dealkylation sites (tertiary alicyclic amines) is 1. The lowest BCUT2D eigenvalue weighted by Gasteiger charge is -2.16. The Kier molecular flexibility index (Phi) is 4.50. The smallest absolute Gasteiger partial charge is 0.260 e. The Labute approximate surface area is 134 Å². The molecule has 1 aromatic carbocycles. The summed E-state index contributed by atoms with van der Waals surface area (Å²) < 4.78 is 18.4. The molecule has 1 aliphatic rings. The maximum atomic E-state index is 13.1. The highest BCUT2D eigenvalue weighted by molar-refractivity contribution is 5.78. The summed E-state index contributed by atoms with van der Waals surface area (Å²) in [6.45, 7) is 3.09. The summed E-state index contributed by atoms with van der Waals surface area (Å²) in [5, 5.41) is 0. The van der Waals surface area contributed by atoms with Crippen molar-refractivity contribution in [2.24, 2.45) is 0 Å². The van der Waals surface area contributed by atoms with Gasteiger partial charge in [0.05, 0.1) is 0 Å². The lowest BCUT2D eigenvalue weighted by atomic mass is 10.1. The van der Waals surface area contributed by atoms with Crippen molar-refractivity contribution in [1.82, 2.24) is 14.9 Å². The molecule has 2 aromatic rings. The van der Waals surface area contributed by atoms with Crippen molar-refractivity contribution in [1.29, 1.82) is 0 Å². The van der Waals surface area contributed by atoms with Crippen LogP contribution in [0.2, 0.25) is 0 Å². The molecular weight excluding hydrogens is 297 g/mol. The van der Waals surface area contributed by atoms with Crippen LogP contribution >= 0.6 is 0 Å². The number of ether oxygens (including phenoxy) is 1. The number of rotatable bonds is 4. The monoisotopic (exact) mass is 315 g/mol. The Hall–Kier alpha value is -2.50. The molecule has 0 spiro atoms. The third kappa shape index (κ3) is 3.83. The molecule has 6 heteroatoms. The van der Waals surface area contributed by atoms with Crippen molar-refractivity contribution in [3.63, 3.8) is 0 Å². The molecule has 0 saturated carbocycles. The molecule has 1 amide bonds. The predicted octanol–water partition coefficient (Wildman–Crippen LogP) is 2.32. The first kappa shape index (κ1) is 15.4. The van der Waals surface area contributed by atoms with E-state index in [1.165, 1.54) is 12.1 Å². The number of amides is 1. The third-order valence-corrected chi connectivity index (χ3v) is 3.88. The normalized spacial score (nSPS) is 17.3. The summed E-state index contributed by atoms with van der Waals surface area (Å²) >= 11 is 0. The molecule has 0 radical (unpaired) electrons. The first-order chi connectivity index (χ1) is 11.1. The standard InChI is InChI=1S/C17H18FN3O2/c1-12-5-7-19-17(20-12)13-6-8-21(10-13)16(22)11-23-15-4-2-3-14(18)9-15/h2-5,7,9,13H,6,8,10-11H2,1H3/t13-/m1/s1. The van der Waals surface area contributed by atoms with Crippen LogP contribution in [0.3, 0.4) is 0 Å². The Balaban J connectivity index is 1.55. The zero-order valence-corrected chi connectivity index (χ0v) is 12.9. The number of hydrogen-bond donors (Lipinski definition) is 0. The van der Waals surface area contributed by atoms with Gasteiger partial charge >= 0.3 is 0 Å². The van der Waals surface area contributed by atoms with E-state index in [1.54, 1.807) is 23.2 Å². The van der Waals surface area contributed by atoms with E-state index < -0.39 is 0 Å². The van der Waals surface area contributed by atoms with Gasteiger partial charge in [0, 0.05) is 37.0 Å². The number of benzene rings is 1. The second-order valence-corrected chi connectivity index (χ2v) is 5.63. The van der Waals surface area contributed by atoms with Gasteiger partial charge < -0.3 is 9.64 Å². The van der Waals surface area contributed by atoms with Crippen LogP contribution < -0.4 is 4.74 Å². The quantitative estimate of drug-likeness (QED) is 0.869. The van der Waals surface area contributed by atoms with Gasteiger partial charge in [0.25, 0.3) is 5.91 Å². The molecule has 5 nitrogen and oxygen atoms in total. The molecule has 120 valence electrons. The van der Waals surface area contributed by atoms with Crippen molar-refractivity contribution in [3.8, 4) is 5.75 Å². The Morgan fingerprint density at radius 1 is 1.43 bits per heavy atom. The fourth-order valence-electron chi connectivity index (χ4n) is 2.66. The van der Waals surface area contributed by atoms with Crippen molar-refractivity contribution in [3.05, 3.63) is 53.9 Å². The predicted molar refractivity (Wildman–Crippen MR) is 82.6 cm³/mol. The van der Waals surface area contributed by atoms with Crippen LogP contribution in [0.4, 0.5) is 4.39 Å². The molecule has 1 saturated heterocycles. The molecule has 0 aliphatic carbocycles. The van der Waals surface area contributed by atoms with Gasteiger partial charge in [0.1, 0.15) is 17.4 Å². The van der Waals surface area contributed by atoms with E-state index in [0.717, 1.165) is 17.9 Å². The number of hydrogen-bond acceptors (Lipinski definition) is 4. The molecule has 23 heavy (non-hydrogen) atoms. The lowest BCUT2D eigenvalue weighted by Crippen LogP contribution is -2.33. The van der Waals surface area contributed by atoms with Crippen LogP contribution in [0, 0.1) is 12.7 Å². The van der Waals surface area contributed by atoms with E-state index in [9.17, 15) is 9.18 Å². The average molecular weight is 315 g/mol. The second-order valence-electron chi connectivity index (χ2n) is 5.63. The molecule has 0 unspecified atom stereocenters. The number of carbonyl (C=O) groups excluding carboxylic acids is 1. The summed E-state index contributed by atoms with van der Waals surface area (Å²) in [5.41, 5.74) is 0.925. The van der Waals surface area contributed by atoms with E-state index in [1.807, 2.05) is 13.0 Å². The van der Waals surface area contributed by atoms with Crippen LogP contribution in [0.25, 0.3) is 0 Å². The van der Waals surface area contributed by atoms with E-state index in [2.05, 4.69) is 9.97 Å². The van der Waals surface area contributed by atoms with Crippen molar-refractivity contribution >= 4 is 5.91 Å². The highest BCUT2D eigenvalue weighted by Gasteiger charge is 2.29. The summed E-state index contributed by atoms with van der Waals surface area (Å²) in [6.07, 6.45) is 2.59. The fraction of sp³-hybridized carbons (Fsp3) is 0.353. The Morgan fingerprint density at radius 3 is 3.09 bits per heavy atom. The summed E-state index contributed by atoms with van der Waals surface area (Å²) in [4.78, 5) is 22.7. The molecule has 1 fully saturated rings. The molecule has 1 aliphatic heterocycles. The van der Waals surface area contributed by atoms with E-state index in [0.29, 0.717) is 18.8 Å². The van der Waals surface area contributed by atoms with Gasteiger partial charge in [-0.25, -0.2) is 14.4 Å². The third-order valence-electron chi connectivity index (χ3n) is 3.88. The maximum absolute atomic E-state index is 13.1. The van der Waals surface area contributed by atoms with Crippen LogP contribution in [-0.2, 0) is 4.79 Å². The molecule has 2 heterocycles. The number of carbonyl (C=O) groups is 1. The first-order valence-corrected chi connectivity index (χ1v) is 7.57. The zero-order chi connectivity index (χ0) is 16.2. The topological polar surface area (TPSA) is 55.3 Å². The lowest BCUT2D eigenvalue weighted by molar-refractivity contribution is -0.132. The van der Waals surface area contributed by atoms with E-state index >= 15 is 0 Å². The van der Waals surface area contributed by atoms with Crippen molar-refractivity contribution < 1.29 is 13.9 Å². The van der Waals surface area contributed by atoms with Gasteiger partial charge in [-0.3, -0.25) is 4.79 Å². The van der Waals surface area contributed by atoms with Gasteiger partial charge in [-0.15, -0.1) is 0 Å². The highest BCUT2D eigenvalue weighted by Crippen LogP contribution is 2.24. The fourth-order valence-corrected chi connectivity index (χ4v) is 2.66. The largest absolute Gasteiger partial charge is 0.484 e.